The predicted molar refractivity (Wildman–Crippen MR) is 100 cm³/mol. The maximum absolute atomic E-state index is 12.7. The lowest BCUT2D eigenvalue weighted by Gasteiger charge is -2.39. The Labute approximate surface area is 145 Å². The second kappa shape index (κ2) is 8.28. The third kappa shape index (κ3) is 5.92. The summed E-state index contributed by atoms with van der Waals surface area (Å²) in [7, 11) is -2.17. The summed E-state index contributed by atoms with van der Waals surface area (Å²) in [6.07, 6.45) is 1.57. The molecule has 0 aromatic heterocycles. The van der Waals surface area contributed by atoms with Gasteiger partial charge in [0.25, 0.3) is 0 Å². The lowest BCUT2D eigenvalue weighted by Crippen LogP contribution is -2.49. The summed E-state index contributed by atoms with van der Waals surface area (Å²) in [5.41, 5.74) is 0. The molecule has 0 heterocycles. The van der Waals surface area contributed by atoms with Gasteiger partial charge >= 0.3 is 0 Å². The van der Waals surface area contributed by atoms with Gasteiger partial charge in [-0.05, 0) is 49.0 Å². The summed E-state index contributed by atoms with van der Waals surface area (Å²) in [6.45, 7) is 12.3. The normalized spacial score (nSPS) is 15.6. The van der Waals surface area contributed by atoms with Gasteiger partial charge in [-0.25, -0.2) is 0 Å². The second-order valence-corrected chi connectivity index (χ2v) is 12.9. The maximum atomic E-state index is 12.7. The van der Waals surface area contributed by atoms with Crippen LogP contribution in [0.15, 0.2) is 47.4 Å². The fourth-order valence-electron chi connectivity index (χ4n) is 1.71. The number of aliphatic hydroxyl groups excluding tert-OH is 1. The number of rotatable bonds is 6. The molecule has 0 aliphatic carbocycles. The van der Waals surface area contributed by atoms with Crippen LogP contribution in [0.1, 0.15) is 27.7 Å². The molecule has 0 radical (unpaired) electrons. The Morgan fingerprint density at radius 3 is 2.30 bits per heavy atom. The summed E-state index contributed by atoms with van der Waals surface area (Å²) in [4.78, 5) is 13.6. The van der Waals surface area contributed by atoms with Gasteiger partial charge in [-0.3, -0.25) is 4.79 Å². The van der Waals surface area contributed by atoms with Gasteiger partial charge in [-0.15, -0.1) is 0 Å². The molecule has 1 aromatic rings. The van der Waals surface area contributed by atoms with Crippen molar-refractivity contribution in [3.8, 4) is 0 Å². The van der Waals surface area contributed by atoms with Crippen LogP contribution in [0.3, 0.4) is 0 Å². The summed E-state index contributed by atoms with van der Waals surface area (Å²) in [6, 6.07) is 9.46. The van der Waals surface area contributed by atoms with E-state index in [2.05, 4.69) is 33.9 Å². The lowest BCUT2D eigenvalue weighted by molar-refractivity contribution is -0.121. The molecule has 2 atom stereocenters. The van der Waals surface area contributed by atoms with Gasteiger partial charge < -0.3 is 9.53 Å². The highest BCUT2D eigenvalue weighted by atomic mass is 32.2. The van der Waals surface area contributed by atoms with Crippen molar-refractivity contribution in [1.29, 1.82) is 0 Å². The number of allylic oxidation sites excluding steroid dienone is 1. The number of benzene rings is 1. The Hall–Kier alpha value is -0.883. The van der Waals surface area contributed by atoms with Crippen LogP contribution in [-0.2, 0) is 9.22 Å². The van der Waals surface area contributed by atoms with Crippen molar-refractivity contribution >= 4 is 25.2 Å². The Morgan fingerprint density at radius 1 is 1.26 bits per heavy atom. The molecule has 128 valence electrons. The van der Waals surface area contributed by atoms with Crippen molar-refractivity contribution in [2.24, 2.45) is 0 Å². The van der Waals surface area contributed by atoms with Gasteiger partial charge in [-0.2, -0.15) is 0 Å². The molecule has 1 rings (SSSR count). The minimum absolute atomic E-state index is 0.0292. The Balaban J connectivity index is 2.99. The molecule has 0 amide bonds. The topological polar surface area (TPSA) is 46.5 Å². The van der Waals surface area contributed by atoms with Gasteiger partial charge in [0.15, 0.2) is 8.32 Å². The van der Waals surface area contributed by atoms with Gasteiger partial charge in [-0.1, -0.05) is 51.1 Å². The monoisotopic (exact) mass is 352 g/mol. The van der Waals surface area contributed by atoms with Gasteiger partial charge in [0.2, 0.25) is 5.12 Å². The lowest BCUT2D eigenvalue weighted by atomic mass is 10.2. The highest BCUT2D eigenvalue weighted by molar-refractivity contribution is 8.13. The summed E-state index contributed by atoms with van der Waals surface area (Å²) >= 11 is 1.12. The van der Waals surface area contributed by atoms with Crippen LogP contribution in [0.5, 0.6) is 0 Å². The van der Waals surface area contributed by atoms with E-state index in [1.54, 1.807) is 12.2 Å². The fourth-order valence-corrected chi connectivity index (χ4v) is 3.86. The van der Waals surface area contributed by atoms with Crippen LogP contribution in [0.4, 0.5) is 0 Å². The van der Waals surface area contributed by atoms with Crippen LogP contribution >= 0.6 is 11.8 Å². The standard InChI is InChI=1S/C18H28O3SSi/c1-7-11-15(19)16(21-23(5,6)18(2,3)4)17(20)22-14-12-9-8-10-13-14/h7-13,15-16,19H,1-6H3/b11-7+/t15-,16+/m1/s1. The molecule has 23 heavy (non-hydrogen) atoms. The predicted octanol–water partition coefficient (Wildman–Crippen LogP) is 4.63. The molecule has 0 saturated heterocycles. The van der Waals surface area contributed by atoms with E-state index < -0.39 is 20.5 Å². The van der Waals surface area contributed by atoms with Gasteiger partial charge in [0.05, 0.1) is 0 Å². The van der Waals surface area contributed by atoms with E-state index in [-0.39, 0.29) is 10.2 Å². The van der Waals surface area contributed by atoms with E-state index in [0.29, 0.717) is 0 Å². The van der Waals surface area contributed by atoms with E-state index in [4.69, 9.17) is 4.43 Å². The molecule has 5 heteroatoms. The minimum atomic E-state index is -2.17. The van der Waals surface area contributed by atoms with E-state index in [1.165, 1.54) is 0 Å². The second-order valence-electron chi connectivity index (χ2n) is 7.05. The number of hydrogen-bond donors (Lipinski definition) is 1. The van der Waals surface area contributed by atoms with Crippen molar-refractivity contribution < 1.29 is 14.3 Å². The zero-order valence-corrected chi connectivity index (χ0v) is 16.7. The van der Waals surface area contributed by atoms with Gasteiger partial charge in [0, 0.05) is 4.90 Å². The van der Waals surface area contributed by atoms with Crippen molar-refractivity contribution in [1.82, 2.24) is 0 Å². The largest absolute Gasteiger partial charge is 0.403 e. The van der Waals surface area contributed by atoms with Crippen LogP contribution in [-0.4, -0.2) is 30.7 Å². The molecule has 0 unspecified atom stereocenters. The maximum Gasteiger partial charge on any atom is 0.224 e. The van der Waals surface area contributed by atoms with Crippen molar-refractivity contribution in [2.45, 2.75) is 62.9 Å². The molecule has 1 aromatic carbocycles. The number of carbonyl (C=O) groups excluding carboxylic acids is 1. The SMILES string of the molecule is C/C=C/[C@@H](O)[C@H](O[Si](C)(C)C(C)(C)C)C(=O)Sc1ccccc1. The highest BCUT2D eigenvalue weighted by Crippen LogP contribution is 2.38. The molecule has 0 spiro atoms. The van der Waals surface area contributed by atoms with E-state index in [9.17, 15) is 9.90 Å². The molecular formula is C18H28O3SSi. The van der Waals surface area contributed by atoms with Crippen molar-refractivity contribution in [2.75, 3.05) is 0 Å². The van der Waals surface area contributed by atoms with Crippen LogP contribution in [0.2, 0.25) is 18.1 Å². The molecule has 0 bridgehead atoms. The van der Waals surface area contributed by atoms with Crippen molar-refractivity contribution in [3.05, 3.63) is 42.5 Å². The minimum Gasteiger partial charge on any atom is -0.403 e. The zero-order chi connectivity index (χ0) is 17.7. The molecule has 1 N–H and O–H groups in total. The number of aliphatic hydroxyl groups is 1. The van der Waals surface area contributed by atoms with Crippen LogP contribution in [0.25, 0.3) is 0 Å². The Bertz CT molecular complexity index is 535. The first-order chi connectivity index (χ1) is 10.6. The summed E-state index contributed by atoms with van der Waals surface area (Å²) in [5.74, 6) is 0. The summed E-state index contributed by atoms with van der Waals surface area (Å²) in [5, 5.41) is 10.2. The quantitative estimate of drug-likeness (QED) is 0.460. The van der Waals surface area contributed by atoms with E-state index in [1.807, 2.05) is 37.3 Å². The number of carbonyl (C=O) groups is 1. The molecular weight excluding hydrogens is 324 g/mol. The Morgan fingerprint density at radius 2 is 1.83 bits per heavy atom. The first kappa shape index (κ1) is 20.2. The van der Waals surface area contributed by atoms with Gasteiger partial charge in [0.1, 0.15) is 12.2 Å². The van der Waals surface area contributed by atoms with Crippen molar-refractivity contribution in [3.63, 3.8) is 0 Å². The molecule has 0 aliphatic heterocycles. The molecule has 0 saturated carbocycles. The number of thioether (sulfide) groups is 1. The number of hydrogen-bond acceptors (Lipinski definition) is 4. The van der Waals surface area contributed by atoms with E-state index in [0.717, 1.165) is 16.7 Å². The molecule has 3 nitrogen and oxygen atoms in total. The first-order valence-corrected chi connectivity index (χ1v) is 11.6. The molecule has 0 fully saturated rings. The Kier molecular flexibility index (Phi) is 7.26. The highest BCUT2D eigenvalue weighted by Gasteiger charge is 2.42. The fraction of sp³-hybridized carbons (Fsp3) is 0.500. The smallest absolute Gasteiger partial charge is 0.224 e. The average Bonchev–Trinajstić information content (AvgIpc) is 2.44. The molecule has 0 aliphatic rings. The summed E-state index contributed by atoms with van der Waals surface area (Å²) < 4.78 is 6.22. The third-order valence-corrected chi connectivity index (χ3v) is 9.52. The average molecular weight is 353 g/mol. The first-order valence-electron chi connectivity index (χ1n) is 7.84. The van der Waals surface area contributed by atoms with Crippen LogP contribution in [0, 0.1) is 0 Å². The van der Waals surface area contributed by atoms with Crippen LogP contribution < -0.4 is 0 Å². The zero-order valence-electron chi connectivity index (χ0n) is 14.9. The van der Waals surface area contributed by atoms with E-state index >= 15 is 0 Å². The third-order valence-electron chi connectivity index (χ3n) is 4.12.